The molecule has 2 rings (SSSR count). The Morgan fingerprint density at radius 2 is 1.81 bits per heavy atom. The quantitative estimate of drug-likeness (QED) is 0.889. The van der Waals surface area contributed by atoms with E-state index in [1.54, 1.807) is 37.3 Å². The van der Waals surface area contributed by atoms with E-state index in [1.807, 2.05) is 13.0 Å². The van der Waals surface area contributed by atoms with Crippen LogP contribution in [0.3, 0.4) is 0 Å². The van der Waals surface area contributed by atoms with Gasteiger partial charge in [-0.15, -0.1) is 0 Å². The Hall–Kier alpha value is -1.53. The first-order valence-electron chi connectivity index (χ1n) is 6.27. The monoisotopic (exact) mass is 369 g/mol. The molecule has 0 fully saturated rings. The van der Waals surface area contributed by atoms with Gasteiger partial charge < -0.3 is 4.74 Å². The van der Waals surface area contributed by atoms with Crippen molar-refractivity contribution in [2.45, 2.75) is 18.7 Å². The van der Waals surface area contributed by atoms with Crippen molar-refractivity contribution in [1.82, 2.24) is 0 Å². The zero-order valence-electron chi connectivity index (χ0n) is 12.0. The Bertz CT molecular complexity index is 772. The topological polar surface area (TPSA) is 55.4 Å². The van der Waals surface area contributed by atoms with Crippen LogP contribution in [0.2, 0.25) is 0 Å². The predicted octanol–water partition coefficient (Wildman–Crippen LogP) is 3.88. The van der Waals surface area contributed by atoms with Crippen molar-refractivity contribution in [3.05, 3.63) is 52.0 Å². The van der Waals surface area contributed by atoms with Gasteiger partial charge in [-0.2, -0.15) is 0 Å². The van der Waals surface area contributed by atoms with E-state index in [9.17, 15) is 8.42 Å². The number of nitrogens with one attached hydrogen (secondary N) is 1. The number of rotatable bonds is 4. The van der Waals surface area contributed by atoms with Crippen LogP contribution in [0.4, 0.5) is 5.69 Å². The molecule has 0 aliphatic rings. The van der Waals surface area contributed by atoms with Gasteiger partial charge in [-0.1, -0.05) is 33.6 Å². The minimum absolute atomic E-state index is 0.259. The molecule has 0 heterocycles. The number of methoxy groups -OCH3 is 1. The van der Waals surface area contributed by atoms with E-state index in [0.717, 1.165) is 10.0 Å². The average molecular weight is 370 g/mol. The van der Waals surface area contributed by atoms with Crippen LogP contribution in [0.5, 0.6) is 5.75 Å². The van der Waals surface area contributed by atoms with Gasteiger partial charge in [0.2, 0.25) is 0 Å². The molecule has 0 spiro atoms. The molecule has 0 atom stereocenters. The number of benzene rings is 2. The second-order valence-electron chi connectivity index (χ2n) is 4.72. The SMILES string of the molecule is COc1ccc(Br)cc1NS(=O)(=O)c1ccc(C)cc1C. The number of sulfonamides is 1. The maximum atomic E-state index is 12.5. The molecule has 0 radical (unpaired) electrons. The predicted molar refractivity (Wildman–Crippen MR) is 87.4 cm³/mol. The van der Waals surface area contributed by atoms with E-state index < -0.39 is 10.0 Å². The standard InChI is InChI=1S/C15H16BrNO3S/c1-10-4-7-15(11(2)8-10)21(18,19)17-13-9-12(16)5-6-14(13)20-3/h4-9,17H,1-3H3. The maximum absolute atomic E-state index is 12.5. The molecule has 0 unspecified atom stereocenters. The molecule has 0 saturated carbocycles. The lowest BCUT2D eigenvalue weighted by Crippen LogP contribution is -2.15. The van der Waals surface area contributed by atoms with E-state index in [2.05, 4.69) is 20.7 Å². The summed E-state index contributed by atoms with van der Waals surface area (Å²) in [5.74, 6) is 0.464. The third-order valence-electron chi connectivity index (χ3n) is 3.03. The van der Waals surface area contributed by atoms with Gasteiger partial charge in [-0.05, 0) is 43.7 Å². The van der Waals surface area contributed by atoms with E-state index in [1.165, 1.54) is 7.11 Å². The number of hydrogen-bond donors (Lipinski definition) is 1. The largest absolute Gasteiger partial charge is 0.495 e. The first kappa shape index (κ1) is 15.9. The Morgan fingerprint density at radius 1 is 1.10 bits per heavy atom. The summed E-state index contributed by atoms with van der Waals surface area (Å²) in [4.78, 5) is 0.259. The summed E-state index contributed by atoms with van der Waals surface area (Å²) < 4.78 is 33.6. The van der Waals surface area contributed by atoms with E-state index in [4.69, 9.17) is 4.74 Å². The van der Waals surface area contributed by atoms with Gasteiger partial charge in [-0.25, -0.2) is 8.42 Å². The van der Waals surface area contributed by atoms with Gasteiger partial charge in [0.05, 0.1) is 17.7 Å². The minimum Gasteiger partial charge on any atom is -0.495 e. The highest BCUT2D eigenvalue weighted by Crippen LogP contribution is 2.30. The van der Waals surface area contributed by atoms with Crippen LogP contribution in [0.1, 0.15) is 11.1 Å². The Balaban J connectivity index is 2.44. The Kier molecular flexibility index (Phi) is 4.58. The Labute approximate surface area is 133 Å². The van der Waals surface area contributed by atoms with Crippen LogP contribution in [-0.2, 0) is 10.0 Å². The second-order valence-corrected chi connectivity index (χ2v) is 7.29. The van der Waals surface area contributed by atoms with Crippen LogP contribution < -0.4 is 9.46 Å². The summed E-state index contributed by atoms with van der Waals surface area (Å²) in [6, 6.07) is 10.4. The molecule has 112 valence electrons. The summed E-state index contributed by atoms with van der Waals surface area (Å²) in [5, 5.41) is 0. The van der Waals surface area contributed by atoms with Crippen LogP contribution in [0.25, 0.3) is 0 Å². The molecule has 2 aromatic rings. The lowest BCUT2D eigenvalue weighted by molar-refractivity contribution is 0.417. The molecule has 0 aromatic heterocycles. The lowest BCUT2D eigenvalue weighted by atomic mass is 10.2. The zero-order chi connectivity index (χ0) is 15.6. The van der Waals surface area contributed by atoms with Crippen molar-refractivity contribution < 1.29 is 13.2 Å². The number of hydrogen-bond acceptors (Lipinski definition) is 3. The smallest absolute Gasteiger partial charge is 0.262 e. The van der Waals surface area contributed by atoms with Crippen molar-refractivity contribution in [2.75, 3.05) is 11.8 Å². The summed E-state index contributed by atoms with van der Waals surface area (Å²) in [6.45, 7) is 3.70. The van der Waals surface area contributed by atoms with Crippen molar-refractivity contribution in [2.24, 2.45) is 0 Å². The van der Waals surface area contributed by atoms with Crippen molar-refractivity contribution in [3.8, 4) is 5.75 Å². The van der Waals surface area contributed by atoms with Gasteiger partial charge in [0, 0.05) is 4.47 Å². The molecule has 0 amide bonds. The van der Waals surface area contributed by atoms with Gasteiger partial charge >= 0.3 is 0 Å². The number of aryl methyl sites for hydroxylation is 2. The summed E-state index contributed by atoms with van der Waals surface area (Å²) in [6.07, 6.45) is 0. The normalized spacial score (nSPS) is 11.2. The summed E-state index contributed by atoms with van der Waals surface area (Å²) in [7, 11) is -2.16. The first-order valence-corrected chi connectivity index (χ1v) is 8.55. The minimum atomic E-state index is -3.66. The van der Waals surface area contributed by atoms with Crippen LogP contribution in [0, 0.1) is 13.8 Å². The average Bonchev–Trinajstić information content (AvgIpc) is 2.37. The molecule has 0 aliphatic carbocycles. The van der Waals surface area contributed by atoms with Gasteiger partial charge in [0.15, 0.2) is 0 Å². The van der Waals surface area contributed by atoms with E-state index in [0.29, 0.717) is 17.0 Å². The van der Waals surface area contributed by atoms with Gasteiger partial charge in [0.1, 0.15) is 5.75 Å². The molecule has 6 heteroatoms. The molecule has 1 N–H and O–H groups in total. The van der Waals surface area contributed by atoms with E-state index in [-0.39, 0.29) is 4.90 Å². The molecule has 2 aromatic carbocycles. The fourth-order valence-corrected chi connectivity index (χ4v) is 3.71. The molecule has 0 aliphatic heterocycles. The summed E-state index contributed by atoms with van der Waals surface area (Å²) >= 11 is 3.32. The van der Waals surface area contributed by atoms with Crippen molar-refractivity contribution in [3.63, 3.8) is 0 Å². The maximum Gasteiger partial charge on any atom is 0.262 e. The van der Waals surface area contributed by atoms with Gasteiger partial charge in [0.25, 0.3) is 10.0 Å². The number of ether oxygens (including phenoxy) is 1. The third kappa shape index (κ3) is 3.57. The van der Waals surface area contributed by atoms with E-state index >= 15 is 0 Å². The van der Waals surface area contributed by atoms with Crippen molar-refractivity contribution >= 4 is 31.6 Å². The lowest BCUT2D eigenvalue weighted by Gasteiger charge is -2.14. The van der Waals surface area contributed by atoms with Crippen LogP contribution in [0.15, 0.2) is 45.8 Å². The third-order valence-corrected chi connectivity index (χ3v) is 5.04. The highest BCUT2D eigenvalue weighted by molar-refractivity contribution is 9.10. The van der Waals surface area contributed by atoms with Crippen LogP contribution >= 0.6 is 15.9 Å². The van der Waals surface area contributed by atoms with Crippen LogP contribution in [-0.4, -0.2) is 15.5 Å². The molecule has 0 saturated heterocycles. The summed E-state index contributed by atoms with van der Waals surface area (Å²) in [5.41, 5.74) is 2.12. The molecule has 4 nitrogen and oxygen atoms in total. The van der Waals surface area contributed by atoms with Gasteiger partial charge in [-0.3, -0.25) is 4.72 Å². The number of anilines is 1. The molecule has 21 heavy (non-hydrogen) atoms. The fraction of sp³-hybridized carbons (Fsp3) is 0.200. The zero-order valence-corrected chi connectivity index (χ0v) is 14.4. The molecule has 0 bridgehead atoms. The Morgan fingerprint density at radius 3 is 2.43 bits per heavy atom. The highest BCUT2D eigenvalue weighted by Gasteiger charge is 2.19. The first-order chi connectivity index (χ1) is 9.83. The highest BCUT2D eigenvalue weighted by atomic mass is 79.9. The van der Waals surface area contributed by atoms with Crippen molar-refractivity contribution in [1.29, 1.82) is 0 Å². The number of halogens is 1. The molecular weight excluding hydrogens is 354 g/mol. The fourth-order valence-electron chi connectivity index (χ4n) is 2.06. The second kappa shape index (κ2) is 6.07. The molecular formula is C15H16BrNO3S.